The first-order valence-electron chi connectivity index (χ1n) is 11.4. The van der Waals surface area contributed by atoms with Crippen LogP contribution in [0, 0.1) is 6.92 Å². The van der Waals surface area contributed by atoms with Gasteiger partial charge < -0.3 is 24.5 Å². The van der Waals surface area contributed by atoms with Crippen molar-refractivity contribution in [3.63, 3.8) is 0 Å². The van der Waals surface area contributed by atoms with Gasteiger partial charge in [0.05, 0.1) is 20.5 Å². The van der Waals surface area contributed by atoms with Gasteiger partial charge in [0.1, 0.15) is 17.1 Å². The van der Waals surface area contributed by atoms with Crippen LogP contribution < -0.4 is 20.1 Å². The summed E-state index contributed by atoms with van der Waals surface area (Å²) in [6.07, 6.45) is 3.24. The molecular weight excluding hydrogens is 456 g/mol. The van der Waals surface area contributed by atoms with E-state index in [2.05, 4.69) is 10.6 Å². The van der Waals surface area contributed by atoms with Crippen LogP contribution in [0.2, 0.25) is 0 Å². The Bertz CT molecular complexity index is 1480. The molecule has 4 rings (SSSR count). The second-order valence-corrected chi connectivity index (χ2v) is 8.39. The average Bonchev–Trinajstić information content (AvgIpc) is 3.27. The van der Waals surface area contributed by atoms with Crippen LogP contribution >= 0.6 is 0 Å². The third-order valence-electron chi connectivity index (χ3n) is 5.87. The number of anilines is 2. The first-order valence-corrected chi connectivity index (χ1v) is 11.4. The van der Waals surface area contributed by atoms with Gasteiger partial charge in [-0.05, 0) is 49.8 Å². The summed E-state index contributed by atoms with van der Waals surface area (Å²) >= 11 is 0. The molecule has 0 bridgehead atoms. The summed E-state index contributed by atoms with van der Waals surface area (Å²) < 4.78 is 17.2. The molecule has 2 amide bonds. The molecule has 0 saturated carbocycles. The monoisotopic (exact) mass is 484 g/mol. The molecule has 7 heteroatoms. The number of carbonyl (C=O) groups excluding carboxylic acids is 2. The number of aryl methyl sites for hydroxylation is 1. The Hall–Kier alpha value is -4.52. The van der Waals surface area contributed by atoms with E-state index in [1.807, 2.05) is 44.2 Å². The van der Waals surface area contributed by atoms with Crippen LogP contribution in [-0.4, -0.2) is 26.0 Å². The lowest BCUT2D eigenvalue weighted by Gasteiger charge is -2.14. The van der Waals surface area contributed by atoms with Gasteiger partial charge in [0.15, 0.2) is 0 Å². The lowest BCUT2D eigenvalue weighted by molar-refractivity contribution is -0.114. The van der Waals surface area contributed by atoms with Crippen LogP contribution in [-0.2, 0) is 9.59 Å². The van der Waals surface area contributed by atoms with E-state index < -0.39 is 0 Å². The fraction of sp³-hybridized carbons (Fsp3) is 0.172. The van der Waals surface area contributed by atoms with Crippen molar-refractivity contribution in [1.82, 2.24) is 0 Å². The predicted octanol–water partition coefficient (Wildman–Crippen LogP) is 6.43. The minimum atomic E-state index is -0.301. The highest BCUT2D eigenvalue weighted by Crippen LogP contribution is 2.42. The largest absolute Gasteiger partial charge is 0.496 e. The molecule has 0 fully saturated rings. The van der Waals surface area contributed by atoms with Crippen molar-refractivity contribution in [2.24, 2.45) is 0 Å². The van der Waals surface area contributed by atoms with Crippen molar-refractivity contribution in [3.8, 4) is 22.6 Å². The van der Waals surface area contributed by atoms with E-state index in [4.69, 9.17) is 13.9 Å². The van der Waals surface area contributed by atoms with Gasteiger partial charge in [-0.25, -0.2) is 0 Å². The van der Waals surface area contributed by atoms with Gasteiger partial charge in [-0.3, -0.25) is 9.59 Å². The number of methoxy groups -OCH3 is 2. The lowest BCUT2D eigenvalue weighted by atomic mass is 9.96. The van der Waals surface area contributed by atoms with Crippen molar-refractivity contribution in [2.45, 2.75) is 20.8 Å². The molecule has 0 aliphatic rings. The Kier molecular flexibility index (Phi) is 7.10. The molecule has 0 atom stereocenters. The van der Waals surface area contributed by atoms with Crippen molar-refractivity contribution in [3.05, 3.63) is 78.1 Å². The third-order valence-corrected chi connectivity index (χ3v) is 5.87. The number of ether oxygens (including phenoxy) is 2. The van der Waals surface area contributed by atoms with Crippen LogP contribution in [0.1, 0.15) is 25.0 Å². The Morgan fingerprint density at radius 3 is 2.31 bits per heavy atom. The number of allylic oxidation sites excluding steroid dienone is 1. The van der Waals surface area contributed by atoms with E-state index in [1.54, 1.807) is 44.7 Å². The first-order chi connectivity index (χ1) is 17.3. The zero-order chi connectivity index (χ0) is 25.8. The van der Waals surface area contributed by atoms with Crippen LogP contribution in [0.4, 0.5) is 11.4 Å². The molecule has 4 aromatic rings. The Balaban J connectivity index is 1.72. The summed E-state index contributed by atoms with van der Waals surface area (Å²) in [6, 6.07) is 16.7. The van der Waals surface area contributed by atoms with Gasteiger partial charge in [-0.15, -0.1) is 0 Å². The summed E-state index contributed by atoms with van der Waals surface area (Å²) in [5, 5.41) is 6.45. The maximum atomic E-state index is 12.8. The molecule has 0 aliphatic heterocycles. The normalized spacial score (nSPS) is 11.3. The zero-order valence-electron chi connectivity index (χ0n) is 20.9. The molecule has 0 aliphatic carbocycles. The van der Waals surface area contributed by atoms with Gasteiger partial charge in [0.25, 0.3) is 0 Å². The fourth-order valence-corrected chi connectivity index (χ4v) is 4.28. The van der Waals surface area contributed by atoms with Crippen LogP contribution in [0.25, 0.3) is 27.7 Å². The molecule has 36 heavy (non-hydrogen) atoms. The van der Waals surface area contributed by atoms with Crippen LogP contribution in [0.5, 0.6) is 11.5 Å². The minimum absolute atomic E-state index is 0.182. The molecule has 184 valence electrons. The standard InChI is InChI=1S/C29H28N2O5/c1-17(13-27(33)31-21-10-8-9-20(14-21)30-19(3)32)23-15-24-25(22-11-6-7-12-26(22)34-4)16-36-29(24)18(2)28(23)35-5/h6-16H,1-5H3,(H,30,32)(H,31,33)/b17-13+. The summed E-state index contributed by atoms with van der Waals surface area (Å²) in [4.78, 5) is 24.2. The molecule has 0 saturated heterocycles. The van der Waals surface area contributed by atoms with Crippen molar-refractivity contribution < 1.29 is 23.5 Å². The average molecular weight is 485 g/mol. The zero-order valence-corrected chi connectivity index (χ0v) is 20.9. The van der Waals surface area contributed by atoms with Gasteiger partial charge in [-0.1, -0.05) is 24.3 Å². The molecule has 7 nitrogen and oxygen atoms in total. The lowest BCUT2D eigenvalue weighted by Crippen LogP contribution is -2.10. The highest BCUT2D eigenvalue weighted by molar-refractivity contribution is 6.06. The maximum Gasteiger partial charge on any atom is 0.248 e. The number of carbonyl (C=O) groups is 2. The Morgan fingerprint density at radius 2 is 1.61 bits per heavy atom. The number of furan rings is 1. The number of nitrogens with one attached hydrogen (secondary N) is 2. The Labute approximate surface area is 209 Å². The highest BCUT2D eigenvalue weighted by Gasteiger charge is 2.20. The summed E-state index contributed by atoms with van der Waals surface area (Å²) in [7, 11) is 3.24. The number of fused-ring (bicyclic) bond motifs is 1. The topological polar surface area (TPSA) is 89.8 Å². The van der Waals surface area contributed by atoms with Crippen molar-refractivity contribution in [2.75, 3.05) is 24.9 Å². The van der Waals surface area contributed by atoms with Gasteiger partial charge in [0, 0.05) is 52.0 Å². The predicted molar refractivity (Wildman–Crippen MR) is 143 cm³/mol. The molecule has 0 radical (unpaired) electrons. The quantitative estimate of drug-likeness (QED) is 0.295. The molecule has 1 heterocycles. The number of rotatable bonds is 7. The molecule has 2 N–H and O–H groups in total. The number of para-hydroxylation sites is 1. The number of benzene rings is 3. The molecule has 0 spiro atoms. The van der Waals surface area contributed by atoms with Crippen LogP contribution in [0.3, 0.4) is 0 Å². The van der Waals surface area contributed by atoms with E-state index in [1.165, 1.54) is 13.0 Å². The van der Waals surface area contributed by atoms with Crippen molar-refractivity contribution in [1.29, 1.82) is 0 Å². The number of amides is 2. The molecular formula is C29H28N2O5. The van der Waals surface area contributed by atoms with Crippen LogP contribution in [0.15, 0.2) is 71.4 Å². The number of hydrogen-bond acceptors (Lipinski definition) is 5. The summed E-state index contributed by atoms with van der Waals surface area (Å²) in [5.74, 6) is 0.893. The van der Waals surface area contributed by atoms with E-state index in [-0.39, 0.29) is 11.8 Å². The Morgan fingerprint density at radius 1 is 0.889 bits per heavy atom. The highest BCUT2D eigenvalue weighted by atomic mass is 16.5. The van der Waals surface area contributed by atoms with E-state index >= 15 is 0 Å². The van der Waals surface area contributed by atoms with E-state index in [0.29, 0.717) is 22.7 Å². The third kappa shape index (κ3) is 4.95. The maximum absolute atomic E-state index is 12.8. The first kappa shape index (κ1) is 24.6. The van der Waals surface area contributed by atoms with E-state index in [0.717, 1.165) is 39.0 Å². The SMILES string of the molecule is COc1ccccc1-c1coc2c(C)c(OC)c(/C(C)=C/C(=O)Nc3cccc(NC(C)=O)c3)cc12. The van der Waals surface area contributed by atoms with E-state index in [9.17, 15) is 9.59 Å². The summed E-state index contributed by atoms with van der Waals surface area (Å²) in [6.45, 7) is 5.23. The van der Waals surface area contributed by atoms with Gasteiger partial charge in [-0.2, -0.15) is 0 Å². The van der Waals surface area contributed by atoms with Crippen molar-refractivity contribution >= 4 is 39.7 Å². The van der Waals surface area contributed by atoms with Gasteiger partial charge >= 0.3 is 0 Å². The fourth-order valence-electron chi connectivity index (χ4n) is 4.28. The summed E-state index contributed by atoms with van der Waals surface area (Å²) in [5.41, 5.74) is 6.02. The second-order valence-electron chi connectivity index (χ2n) is 8.39. The molecule has 3 aromatic carbocycles. The second kappa shape index (κ2) is 10.4. The number of hydrogen-bond donors (Lipinski definition) is 2. The minimum Gasteiger partial charge on any atom is -0.496 e. The smallest absolute Gasteiger partial charge is 0.248 e. The molecule has 0 unspecified atom stereocenters. The molecule has 1 aromatic heterocycles. The van der Waals surface area contributed by atoms with Gasteiger partial charge in [0.2, 0.25) is 11.8 Å².